The lowest BCUT2D eigenvalue weighted by Crippen LogP contribution is -2.14. The number of thioether (sulfide) groups is 1. The molecular formula is C15H17N7OS2. The number of aromatic nitrogens is 6. The van der Waals surface area contributed by atoms with E-state index in [1.807, 2.05) is 36.6 Å². The highest BCUT2D eigenvalue weighted by atomic mass is 32.2. The molecule has 0 spiro atoms. The van der Waals surface area contributed by atoms with Gasteiger partial charge in [-0.25, -0.2) is 0 Å². The van der Waals surface area contributed by atoms with Crippen molar-refractivity contribution in [2.75, 3.05) is 11.1 Å². The van der Waals surface area contributed by atoms with Crippen molar-refractivity contribution in [3.8, 4) is 11.5 Å². The number of rotatable bonds is 7. The monoisotopic (exact) mass is 375 g/mol. The molecule has 0 saturated heterocycles. The van der Waals surface area contributed by atoms with E-state index in [1.54, 1.807) is 6.20 Å². The molecular weight excluding hydrogens is 358 g/mol. The fourth-order valence-electron chi connectivity index (χ4n) is 2.10. The summed E-state index contributed by atoms with van der Waals surface area (Å²) in [5.74, 6) is 0.776. The average Bonchev–Trinajstić information content (AvgIpc) is 3.26. The van der Waals surface area contributed by atoms with Gasteiger partial charge in [-0.05, 0) is 25.5 Å². The van der Waals surface area contributed by atoms with Gasteiger partial charge in [0.15, 0.2) is 11.0 Å². The fourth-order valence-corrected chi connectivity index (χ4v) is 3.60. The summed E-state index contributed by atoms with van der Waals surface area (Å²) < 4.78 is 1.94. The summed E-state index contributed by atoms with van der Waals surface area (Å²) in [6, 6.07) is 5.65. The minimum Gasteiger partial charge on any atom is -0.301 e. The number of hydrogen-bond donors (Lipinski definition) is 1. The van der Waals surface area contributed by atoms with Gasteiger partial charge in [-0.2, -0.15) is 0 Å². The van der Waals surface area contributed by atoms with Crippen molar-refractivity contribution < 1.29 is 4.79 Å². The zero-order chi connectivity index (χ0) is 17.6. The summed E-state index contributed by atoms with van der Waals surface area (Å²) in [5, 5.41) is 21.2. The van der Waals surface area contributed by atoms with E-state index >= 15 is 0 Å². The first-order valence-corrected chi connectivity index (χ1v) is 9.61. The number of aryl methyl sites for hydroxylation is 1. The van der Waals surface area contributed by atoms with Crippen molar-refractivity contribution in [3.05, 3.63) is 29.4 Å². The van der Waals surface area contributed by atoms with Gasteiger partial charge in [0.2, 0.25) is 11.0 Å². The first kappa shape index (κ1) is 17.5. The van der Waals surface area contributed by atoms with Crippen LogP contribution in [0.2, 0.25) is 0 Å². The van der Waals surface area contributed by atoms with Crippen LogP contribution in [-0.4, -0.2) is 41.6 Å². The Morgan fingerprint density at radius 2 is 2.12 bits per heavy atom. The highest BCUT2D eigenvalue weighted by Crippen LogP contribution is 2.23. The van der Waals surface area contributed by atoms with Gasteiger partial charge >= 0.3 is 0 Å². The molecule has 130 valence electrons. The first-order valence-electron chi connectivity index (χ1n) is 7.80. The Labute approximate surface area is 153 Å². The molecule has 3 aromatic heterocycles. The molecule has 0 aliphatic heterocycles. The number of amides is 1. The van der Waals surface area contributed by atoms with Crippen LogP contribution in [0.25, 0.3) is 11.5 Å². The number of nitrogens with zero attached hydrogens (tertiary/aromatic N) is 6. The largest absolute Gasteiger partial charge is 0.301 e. The Balaban J connectivity index is 1.65. The first-order chi connectivity index (χ1) is 12.2. The number of hydrogen-bond acceptors (Lipinski definition) is 8. The lowest BCUT2D eigenvalue weighted by Gasteiger charge is -2.06. The topological polar surface area (TPSA) is 98.5 Å². The summed E-state index contributed by atoms with van der Waals surface area (Å²) in [4.78, 5) is 16.4. The van der Waals surface area contributed by atoms with Crippen LogP contribution in [0.5, 0.6) is 0 Å². The second-order valence-corrected chi connectivity index (χ2v) is 6.96. The van der Waals surface area contributed by atoms with Gasteiger partial charge in [-0.3, -0.25) is 15.1 Å². The normalized spacial score (nSPS) is 10.8. The van der Waals surface area contributed by atoms with Gasteiger partial charge in [0.1, 0.15) is 10.7 Å². The molecule has 1 amide bonds. The van der Waals surface area contributed by atoms with Crippen molar-refractivity contribution in [2.45, 2.75) is 32.0 Å². The van der Waals surface area contributed by atoms with Crippen LogP contribution in [0.3, 0.4) is 0 Å². The van der Waals surface area contributed by atoms with Crippen LogP contribution >= 0.6 is 23.1 Å². The molecule has 3 rings (SSSR count). The summed E-state index contributed by atoms with van der Waals surface area (Å²) >= 11 is 2.72. The fraction of sp³-hybridized carbons (Fsp3) is 0.333. The van der Waals surface area contributed by atoms with E-state index in [2.05, 4.69) is 30.7 Å². The Bertz CT molecular complexity index is 847. The molecule has 0 saturated carbocycles. The molecule has 0 aliphatic carbocycles. The number of anilines is 1. The minimum atomic E-state index is -0.145. The number of pyridine rings is 1. The van der Waals surface area contributed by atoms with E-state index in [1.165, 1.54) is 23.1 Å². The predicted molar refractivity (Wildman–Crippen MR) is 97.6 cm³/mol. The van der Waals surface area contributed by atoms with Crippen molar-refractivity contribution in [3.63, 3.8) is 0 Å². The van der Waals surface area contributed by atoms with Gasteiger partial charge < -0.3 is 4.57 Å². The zero-order valence-corrected chi connectivity index (χ0v) is 15.5. The number of carbonyl (C=O) groups is 1. The van der Waals surface area contributed by atoms with E-state index in [9.17, 15) is 4.79 Å². The predicted octanol–water partition coefficient (Wildman–Crippen LogP) is 2.50. The molecule has 0 fully saturated rings. The third kappa shape index (κ3) is 4.20. The van der Waals surface area contributed by atoms with E-state index in [0.717, 1.165) is 17.1 Å². The second kappa shape index (κ2) is 8.17. The number of nitrogens with one attached hydrogen (secondary N) is 1. The molecule has 0 unspecified atom stereocenters. The molecule has 25 heavy (non-hydrogen) atoms. The molecule has 0 aromatic carbocycles. The smallest absolute Gasteiger partial charge is 0.236 e. The van der Waals surface area contributed by atoms with Crippen LogP contribution in [0.1, 0.15) is 18.9 Å². The van der Waals surface area contributed by atoms with Gasteiger partial charge in [0, 0.05) is 12.7 Å². The molecule has 8 nitrogen and oxygen atoms in total. The average molecular weight is 375 g/mol. The lowest BCUT2D eigenvalue weighted by atomic mass is 10.3. The summed E-state index contributed by atoms with van der Waals surface area (Å²) in [7, 11) is 0. The second-order valence-electron chi connectivity index (χ2n) is 4.96. The van der Waals surface area contributed by atoms with E-state index in [-0.39, 0.29) is 11.7 Å². The molecule has 1 N–H and O–H groups in total. The van der Waals surface area contributed by atoms with Gasteiger partial charge in [-0.15, -0.1) is 20.4 Å². The van der Waals surface area contributed by atoms with Crippen LogP contribution in [-0.2, 0) is 17.8 Å². The maximum absolute atomic E-state index is 12.1. The van der Waals surface area contributed by atoms with Crippen LogP contribution < -0.4 is 5.32 Å². The van der Waals surface area contributed by atoms with Crippen LogP contribution in [0.4, 0.5) is 5.13 Å². The standard InChI is InChI=1S/C15H17N7OS2/c1-3-12-18-20-14(25-12)17-11(23)9-24-15-21-19-13(22(15)4-2)10-7-5-6-8-16-10/h5-8H,3-4,9H2,1-2H3,(H,17,20,23). The molecule has 0 radical (unpaired) electrons. The van der Waals surface area contributed by atoms with Crippen molar-refractivity contribution >= 4 is 34.1 Å². The van der Waals surface area contributed by atoms with Crippen LogP contribution in [0.15, 0.2) is 29.6 Å². The molecule has 3 heterocycles. The molecule has 0 aliphatic rings. The van der Waals surface area contributed by atoms with Crippen molar-refractivity contribution in [2.24, 2.45) is 0 Å². The Hall–Kier alpha value is -2.33. The van der Waals surface area contributed by atoms with E-state index in [4.69, 9.17) is 0 Å². The molecule has 10 heteroatoms. The van der Waals surface area contributed by atoms with E-state index in [0.29, 0.717) is 22.7 Å². The van der Waals surface area contributed by atoms with Crippen molar-refractivity contribution in [1.82, 2.24) is 29.9 Å². The SMILES string of the molecule is CCc1nnc(NC(=O)CSc2nnc(-c3ccccn3)n2CC)s1. The molecule has 3 aromatic rings. The Morgan fingerprint density at radius 1 is 1.24 bits per heavy atom. The van der Waals surface area contributed by atoms with Crippen molar-refractivity contribution in [1.29, 1.82) is 0 Å². The lowest BCUT2D eigenvalue weighted by molar-refractivity contribution is -0.113. The maximum atomic E-state index is 12.1. The summed E-state index contributed by atoms with van der Waals surface area (Å²) in [6.07, 6.45) is 2.52. The summed E-state index contributed by atoms with van der Waals surface area (Å²) in [5.41, 5.74) is 0.758. The molecule has 0 bridgehead atoms. The van der Waals surface area contributed by atoms with Gasteiger partial charge in [-0.1, -0.05) is 36.1 Å². The third-order valence-corrected chi connectivity index (χ3v) is 5.22. The summed E-state index contributed by atoms with van der Waals surface area (Å²) in [6.45, 7) is 4.70. The highest BCUT2D eigenvalue weighted by Gasteiger charge is 2.15. The molecule has 0 atom stereocenters. The zero-order valence-electron chi connectivity index (χ0n) is 13.8. The highest BCUT2D eigenvalue weighted by molar-refractivity contribution is 7.99. The van der Waals surface area contributed by atoms with Crippen LogP contribution in [0, 0.1) is 0 Å². The van der Waals surface area contributed by atoms with Gasteiger partial charge in [0.05, 0.1) is 5.75 Å². The Kier molecular flexibility index (Phi) is 5.71. The Morgan fingerprint density at radius 3 is 2.80 bits per heavy atom. The minimum absolute atomic E-state index is 0.145. The van der Waals surface area contributed by atoms with E-state index < -0.39 is 0 Å². The maximum Gasteiger partial charge on any atom is 0.236 e. The third-order valence-electron chi connectivity index (χ3n) is 3.28. The number of carbonyl (C=O) groups excluding carboxylic acids is 1. The van der Waals surface area contributed by atoms with Gasteiger partial charge in [0.25, 0.3) is 0 Å². The quantitative estimate of drug-likeness (QED) is 0.633.